The predicted molar refractivity (Wildman–Crippen MR) is 76.2 cm³/mol. The van der Waals surface area contributed by atoms with Gasteiger partial charge in [-0.1, -0.05) is 32.0 Å². The Bertz CT molecular complexity index is 529. The van der Waals surface area contributed by atoms with E-state index < -0.39 is 0 Å². The van der Waals surface area contributed by atoms with Gasteiger partial charge >= 0.3 is 0 Å². The van der Waals surface area contributed by atoms with Crippen molar-refractivity contribution in [2.75, 3.05) is 5.32 Å². The average Bonchev–Trinajstić information content (AvgIpc) is 2.90. The molecule has 1 N–H and O–H groups in total. The number of nitrogens with one attached hydrogen (secondary N) is 1. The highest BCUT2D eigenvalue weighted by molar-refractivity contribution is 5.91. The van der Waals surface area contributed by atoms with Crippen LogP contribution in [0.3, 0.4) is 0 Å². The van der Waals surface area contributed by atoms with Crippen LogP contribution in [0.4, 0.5) is 5.69 Å². The number of aryl methyl sites for hydroxylation is 1. The van der Waals surface area contributed by atoms with Crippen molar-refractivity contribution in [3.63, 3.8) is 0 Å². The monoisotopic (exact) mass is 257 g/mol. The summed E-state index contributed by atoms with van der Waals surface area (Å²) in [7, 11) is 0. The molecule has 0 saturated carbocycles. The Hall–Kier alpha value is -2.03. The minimum absolute atomic E-state index is 0.0181. The average molecular weight is 257 g/mol. The summed E-state index contributed by atoms with van der Waals surface area (Å²) in [6, 6.07) is 11.6. The van der Waals surface area contributed by atoms with Gasteiger partial charge in [0.25, 0.3) is 0 Å². The number of anilines is 1. The maximum atomic E-state index is 11.9. The van der Waals surface area contributed by atoms with Crippen molar-refractivity contribution in [3.05, 3.63) is 54.0 Å². The molecule has 0 saturated heterocycles. The zero-order chi connectivity index (χ0) is 13.7. The smallest absolute Gasteiger partial charge is 0.224 e. The molecule has 19 heavy (non-hydrogen) atoms. The van der Waals surface area contributed by atoms with Crippen LogP contribution in [0.25, 0.3) is 0 Å². The van der Waals surface area contributed by atoms with E-state index in [0.29, 0.717) is 18.8 Å². The van der Waals surface area contributed by atoms with Gasteiger partial charge in [0, 0.05) is 18.5 Å². The number of rotatable bonds is 5. The van der Waals surface area contributed by atoms with E-state index in [2.05, 4.69) is 19.2 Å². The van der Waals surface area contributed by atoms with Crippen LogP contribution in [0, 0.1) is 0 Å². The number of hydrogen-bond acceptors (Lipinski definition) is 2. The van der Waals surface area contributed by atoms with Crippen molar-refractivity contribution in [2.45, 2.75) is 32.6 Å². The van der Waals surface area contributed by atoms with Gasteiger partial charge in [0.1, 0.15) is 5.76 Å². The standard InChI is InChI=1S/C16H19NO2/c1-12(2)14-7-3-4-8-15(14)17-16(18)10-9-13-6-5-11-19-13/h3-8,11-12H,9-10H2,1-2H3,(H,17,18). The molecule has 0 fully saturated rings. The molecule has 1 aromatic carbocycles. The van der Waals surface area contributed by atoms with Crippen molar-refractivity contribution in [3.8, 4) is 0 Å². The van der Waals surface area contributed by atoms with Crippen LogP contribution in [0.5, 0.6) is 0 Å². The Morgan fingerprint density at radius 2 is 2.00 bits per heavy atom. The molecular formula is C16H19NO2. The van der Waals surface area contributed by atoms with Crippen LogP contribution in [-0.4, -0.2) is 5.91 Å². The van der Waals surface area contributed by atoms with Gasteiger partial charge in [-0.05, 0) is 29.7 Å². The first kappa shape index (κ1) is 13.4. The van der Waals surface area contributed by atoms with E-state index in [-0.39, 0.29) is 5.91 Å². The van der Waals surface area contributed by atoms with Crippen molar-refractivity contribution < 1.29 is 9.21 Å². The van der Waals surface area contributed by atoms with Crippen LogP contribution >= 0.6 is 0 Å². The van der Waals surface area contributed by atoms with E-state index in [1.165, 1.54) is 0 Å². The number of carbonyl (C=O) groups excluding carboxylic acids is 1. The van der Waals surface area contributed by atoms with Crippen LogP contribution in [0.1, 0.15) is 37.5 Å². The minimum Gasteiger partial charge on any atom is -0.469 e. The molecule has 0 unspecified atom stereocenters. The van der Waals surface area contributed by atoms with Crippen LogP contribution < -0.4 is 5.32 Å². The van der Waals surface area contributed by atoms with E-state index in [1.54, 1.807) is 6.26 Å². The lowest BCUT2D eigenvalue weighted by Crippen LogP contribution is -2.13. The Balaban J connectivity index is 1.95. The second-order valence-corrected chi connectivity index (χ2v) is 4.87. The number of amides is 1. The van der Waals surface area contributed by atoms with Gasteiger partial charge in [0.05, 0.1) is 6.26 Å². The highest BCUT2D eigenvalue weighted by Gasteiger charge is 2.09. The van der Waals surface area contributed by atoms with E-state index in [4.69, 9.17) is 4.42 Å². The molecule has 0 bridgehead atoms. The first-order chi connectivity index (χ1) is 9.16. The summed E-state index contributed by atoms with van der Waals surface area (Å²) in [6.45, 7) is 4.24. The lowest BCUT2D eigenvalue weighted by Gasteiger charge is -2.13. The molecule has 2 aromatic rings. The second-order valence-electron chi connectivity index (χ2n) is 4.87. The number of carbonyl (C=O) groups is 1. The molecule has 1 aromatic heterocycles. The first-order valence-corrected chi connectivity index (χ1v) is 6.58. The van der Waals surface area contributed by atoms with E-state index in [9.17, 15) is 4.79 Å². The molecule has 0 aliphatic carbocycles. The lowest BCUT2D eigenvalue weighted by atomic mass is 10.0. The van der Waals surface area contributed by atoms with Crippen molar-refractivity contribution >= 4 is 11.6 Å². The van der Waals surface area contributed by atoms with Gasteiger partial charge in [0.15, 0.2) is 0 Å². The first-order valence-electron chi connectivity index (χ1n) is 6.58. The molecule has 3 nitrogen and oxygen atoms in total. The fourth-order valence-corrected chi connectivity index (χ4v) is 2.02. The summed E-state index contributed by atoms with van der Waals surface area (Å²) in [6.07, 6.45) is 2.68. The molecule has 100 valence electrons. The molecule has 0 spiro atoms. The van der Waals surface area contributed by atoms with E-state index in [1.807, 2.05) is 36.4 Å². The van der Waals surface area contributed by atoms with Crippen molar-refractivity contribution in [2.24, 2.45) is 0 Å². The summed E-state index contributed by atoms with van der Waals surface area (Å²) in [4.78, 5) is 11.9. The molecule has 0 aliphatic rings. The second kappa shape index (κ2) is 6.23. The number of hydrogen-bond donors (Lipinski definition) is 1. The molecule has 0 atom stereocenters. The minimum atomic E-state index is 0.0181. The SMILES string of the molecule is CC(C)c1ccccc1NC(=O)CCc1ccco1. The van der Waals surface area contributed by atoms with Gasteiger partial charge in [-0.2, -0.15) is 0 Å². The summed E-state index contributed by atoms with van der Waals surface area (Å²) in [5.74, 6) is 1.25. The van der Waals surface area contributed by atoms with Gasteiger partial charge in [-0.3, -0.25) is 4.79 Å². The van der Waals surface area contributed by atoms with Gasteiger partial charge < -0.3 is 9.73 Å². The predicted octanol–water partition coefficient (Wildman–Crippen LogP) is 3.97. The van der Waals surface area contributed by atoms with Crippen LogP contribution in [-0.2, 0) is 11.2 Å². The maximum Gasteiger partial charge on any atom is 0.224 e. The van der Waals surface area contributed by atoms with Gasteiger partial charge in [0.2, 0.25) is 5.91 Å². The number of benzene rings is 1. The highest BCUT2D eigenvalue weighted by atomic mass is 16.3. The zero-order valence-electron chi connectivity index (χ0n) is 11.3. The Morgan fingerprint density at radius 1 is 1.21 bits per heavy atom. The maximum absolute atomic E-state index is 11.9. The number of para-hydroxylation sites is 1. The molecule has 0 radical (unpaired) electrons. The third kappa shape index (κ3) is 3.71. The van der Waals surface area contributed by atoms with Gasteiger partial charge in [-0.15, -0.1) is 0 Å². The van der Waals surface area contributed by atoms with Crippen LogP contribution in [0.2, 0.25) is 0 Å². The topological polar surface area (TPSA) is 42.2 Å². The highest BCUT2D eigenvalue weighted by Crippen LogP contribution is 2.23. The molecule has 2 rings (SSSR count). The zero-order valence-corrected chi connectivity index (χ0v) is 11.3. The van der Waals surface area contributed by atoms with Gasteiger partial charge in [-0.25, -0.2) is 0 Å². The summed E-state index contributed by atoms with van der Waals surface area (Å²) in [5, 5.41) is 2.97. The Kier molecular flexibility index (Phi) is 4.39. The van der Waals surface area contributed by atoms with E-state index >= 15 is 0 Å². The third-order valence-electron chi connectivity index (χ3n) is 3.04. The third-order valence-corrected chi connectivity index (χ3v) is 3.04. The lowest BCUT2D eigenvalue weighted by molar-refractivity contribution is -0.116. The molecule has 1 heterocycles. The summed E-state index contributed by atoms with van der Waals surface area (Å²) >= 11 is 0. The molecule has 0 aliphatic heterocycles. The van der Waals surface area contributed by atoms with Crippen LogP contribution in [0.15, 0.2) is 47.1 Å². The fourth-order valence-electron chi connectivity index (χ4n) is 2.02. The summed E-state index contributed by atoms with van der Waals surface area (Å²) < 4.78 is 5.22. The normalized spacial score (nSPS) is 10.7. The number of furan rings is 1. The fraction of sp³-hybridized carbons (Fsp3) is 0.312. The van der Waals surface area contributed by atoms with Crippen molar-refractivity contribution in [1.82, 2.24) is 0 Å². The van der Waals surface area contributed by atoms with E-state index in [0.717, 1.165) is 17.0 Å². The quantitative estimate of drug-likeness (QED) is 0.880. The molecule has 1 amide bonds. The molecule has 3 heteroatoms. The summed E-state index contributed by atoms with van der Waals surface area (Å²) in [5.41, 5.74) is 2.07. The molecular weight excluding hydrogens is 238 g/mol. The largest absolute Gasteiger partial charge is 0.469 e. The Morgan fingerprint density at radius 3 is 2.68 bits per heavy atom. The Labute approximate surface area is 113 Å². The van der Waals surface area contributed by atoms with Crippen molar-refractivity contribution in [1.29, 1.82) is 0 Å².